The zero-order chi connectivity index (χ0) is 16.4. The SMILES string of the molecule is c1ccc2c(c1)Cc1ccc3c4ccccc4c4ccccc4c3c1-2. The van der Waals surface area contributed by atoms with Gasteiger partial charge in [-0.25, -0.2) is 0 Å². The summed E-state index contributed by atoms with van der Waals surface area (Å²) in [7, 11) is 0. The molecular formula is C25H16. The molecule has 116 valence electrons. The van der Waals surface area contributed by atoms with E-state index in [9.17, 15) is 0 Å². The van der Waals surface area contributed by atoms with Crippen LogP contribution in [0.25, 0.3) is 43.4 Å². The van der Waals surface area contributed by atoms with Crippen LogP contribution >= 0.6 is 0 Å². The molecule has 0 atom stereocenters. The van der Waals surface area contributed by atoms with Crippen LogP contribution in [0.2, 0.25) is 0 Å². The molecule has 0 unspecified atom stereocenters. The van der Waals surface area contributed by atoms with Crippen LogP contribution in [0.15, 0.2) is 84.9 Å². The molecule has 0 nitrogen and oxygen atoms in total. The predicted octanol–water partition coefficient (Wildman–Crippen LogP) is 6.72. The maximum absolute atomic E-state index is 2.33. The Kier molecular flexibility index (Phi) is 2.48. The molecule has 5 aromatic rings. The molecule has 0 saturated carbocycles. The Morgan fingerprint density at radius 2 is 1.00 bits per heavy atom. The second kappa shape index (κ2) is 4.70. The van der Waals surface area contributed by atoms with E-state index in [1.54, 1.807) is 0 Å². The summed E-state index contributed by atoms with van der Waals surface area (Å²) in [5, 5.41) is 8.19. The molecule has 25 heavy (non-hydrogen) atoms. The predicted molar refractivity (Wildman–Crippen MR) is 107 cm³/mol. The summed E-state index contributed by atoms with van der Waals surface area (Å²) in [5.74, 6) is 0. The topological polar surface area (TPSA) is 0 Å². The molecule has 0 fully saturated rings. The first kappa shape index (κ1) is 13.2. The highest BCUT2D eigenvalue weighted by atomic mass is 14.3. The van der Waals surface area contributed by atoms with Crippen LogP contribution in [-0.4, -0.2) is 0 Å². The molecule has 0 aromatic heterocycles. The van der Waals surface area contributed by atoms with Crippen LogP contribution in [0, 0.1) is 0 Å². The van der Waals surface area contributed by atoms with Gasteiger partial charge in [-0.05, 0) is 61.0 Å². The van der Waals surface area contributed by atoms with Gasteiger partial charge in [0, 0.05) is 0 Å². The summed E-state index contributed by atoms with van der Waals surface area (Å²) in [4.78, 5) is 0. The van der Waals surface area contributed by atoms with Gasteiger partial charge >= 0.3 is 0 Å². The summed E-state index contributed by atoms with van der Waals surface area (Å²) in [5.41, 5.74) is 5.75. The normalized spacial score (nSPS) is 12.6. The third-order valence-corrected chi connectivity index (χ3v) is 5.66. The summed E-state index contributed by atoms with van der Waals surface area (Å²) >= 11 is 0. The highest BCUT2D eigenvalue weighted by Crippen LogP contribution is 2.46. The highest BCUT2D eigenvalue weighted by Gasteiger charge is 2.22. The minimum absolute atomic E-state index is 1.04. The van der Waals surface area contributed by atoms with E-state index >= 15 is 0 Å². The van der Waals surface area contributed by atoms with Crippen LogP contribution in [0.5, 0.6) is 0 Å². The van der Waals surface area contributed by atoms with Gasteiger partial charge in [-0.15, -0.1) is 0 Å². The molecule has 0 N–H and O–H groups in total. The van der Waals surface area contributed by atoms with Gasteiger partial charge in [-0.3, -0.25) is 0 Å². The standard InChI is InChI=1S/C25H16/c1-2-8-18-16(7-1)15-17-13-14-23-21-11-4-3-9-19(21)20-10-5-6-12-22(20)25(23)24(17)18/h1-14H,15H2. The molecule has 0 heterocycles. The van der Waals surface area contributed by atoms with E-state index in [2.05, 4.69) is 84.9 Å². The van der Waals surface area contributed by atoms with Crippen LogP contribution < -0.4 is 0 Å². The van der Waals surface area contributed by atoms with Crippen LogP contribution in [0.4, 0.5) is 0 Å². The molecule has 1 aliphatic carbocycles. The molecule has 0 bridgehead atoms. The Morgan fingerprint density at radius 3 is 1.76 bits per heavy atom. The molecule has 0 radical (unpaired) electrons. The van der Waals surface area contributed by atoms with Crippen molar-refractivity contribution < 1.29 is 0 Å². The zero-order valence-corrected chi connectivity index (χ0v) is 13.8. The lowest BCUT2D eigenvalue weighted by atomic mass is 9.89. The van der Waals surface area contributed by atoms with Gasteiger partial charge < -0.3 is 0 Å². The summed E-state index contributed by atoms with van der Waals surface area (Å²) in [6, 6.07) is 31.2. The van der Waals surface area contributed by atoms with Crippen LogP contribution in [-0.2, 0) is 6.42 Å². The number of fused-ring (bicyclic) bond motifs is 10. The Morgan fingerprint density at radius 1 is 0.440 bits per heavy atom. The van der Waals surface area contributed by atoms with E-state index < -0.39 is 0 Å². The maximum atomic E-state index is 2.33. The van der Waals surface area contributed by atoms with Gasteiger partial charge in [0.05, 0.1) is 0 Å². The Bertz CT molecular complexity index is 1270. The molecule has 5 aromatic carbocycles. The highest BCUT2D eigenvalue weighted by molar-refractivity contribution is 6.29. The molecule has 6 rings (SSSR count). The maximum Gasteiger partial charge on any atom is -0.00132 e. The van der Waals surface area contributed by atoms with Gasteiger partial charge in [0.25, 0.3) is 0 Å². The van der Waals surface area contributed by atoms with Gasteiger partial charge in [0.1, 0.15) is 0 Å². The lowest BCUT2D eigenvalue weighted by Crippen LogP contribution is -1.87. The number of hydrogen-bond acceptors (Lipinski definition) is 0. The summed E-state index contributed by atoms with van der Waals surface area (Å²) < 4.78 is 0. The van der Waals surface area contributed by atoms with E-state index in [4.69, 9.17) is 0 Å². The van der Waals surface area contributed by atoms with Crippen molar-refractivity contribution in [3.8, 4) is 11.1 Å². The molecule has 0 aliphatic heterocycles. The Labute approximate surface area is 146 Å². The lowest BCUT2D eigenvalue weighted by Gasteiger charge is -2.14. The van der Waals surface area contributed by atoms with Crippen molar-refractivity contribution in [2.75, 3.05) is 0 Å². The summed E-state index contributed by atoms with van der Waals surface area (Å²) in [6.07, 6.45) is 1.04. The van der Waals surface area contributed by atoms with E-state index in [-0.39, 0.29) is 0 Å². The van der Waals surface area contributed by atoms with Crippen molar-refractivity contribution >= 4 is 32.3 Å². The van der Waals surface area contributed by atoms with Crippen molar-refractivity contribution in [3.63, 3.8) is 0 Å². The van der Waals surface area contributed by atoms with Gasteiger partial charge in [0.2, 0.25) is 0 Å². The van der Waals surface area contributed by atoms with E-state index in [1.807, 2.05) is 0 Å². The van der Waals surface area contributed by atoms with E-state index in [1.165, 1.54) is 54.6 Å². The minimum atomic E-state index is 1.04. The smallest absolute Gasteiger partial charge is 0.00132 e. The second-order valence-electron chi connectivity index (χ2n) is 6.95. The third-order valence-electron chi connectivity index (χ3n) is 5.66. The zero-order valence-electron chi connectivity index (χ0n) is 13.8. The Hall–Kier alpha value is -3.12. The van der Waals surface area contributed by atoms with Crippen molar-refractivity contribution in [2.45, 2.75) is 6.42 Å². The molecular weight excluding hydrogens is 300 g/mol. The Balaban J connectivity index is 1.95. The fourth-order valence-electron chi connectivity index (χ4n) is 4.62. The molecule has 0 amide bonds. The van der Waals surface area contributed by atoms with Gasteiger partial charge in [-0.1, -0.05) is 84.9 Å². The fraction of sp³-hybridized carbons (Fsp3) is 0.0400. The minimum Gasteiger partial charge on any atom is -0.0619 e. The molecule has 0 saturated heterocycles. The van der Waals surface area contributed by atoms with E-state index in [0.717, 1.165) is 6.42 Å². The number of hydrogen-bond donors (Lipinski definition) is 0. The molecule has 0 heteroatoms. The molecule has 1 aliphatic rings. The first-order valence-electron chi connectivity index (χ1n) is 8.85. The van der Waals surface area contributed by atoms with Crippen molar-refractivity contribution in [1.82, 2.24) is 0 Å². The number of rotatable bonds is 0. The van der Waals surface area contributed by atoms with Gasteiger partial charge in [-0.2, -0.15) is 0 Å². The molecule has 0 spiro atoms. The van der Waals surface area contributed by atoms with Gasteiger partial charge in [0.15, 0.2) is 0 Å². The average molecular weight is 316 g/mol. The van der Waals surface area contributed by atoms with Crippen LogP contribution in [0.3, 0.4) is 0 Å². The number of benzene rings is 5. The first-order chi connectivity index (χ1) is 12.4. The second-order valence-corrected chi connectivity index (χ2v) is 6.95. The third kappa shape index (κ3) is 1.66. The summed E-state index contributed by atoms with van der Waals surface area (Å²) in [6.45, 7) is 0. The lowest BCUT2D eigenvalue weighted by molar-refractivity contribution is 1.27. The first-order valence-corrected chi connectivity index (χ1v) is 8.85. The monoisotopic (exact) mass is 316 g/mol. The quantitative estimate of drug-likeness (QED) is 0.273. The van der Waals surface area contributed by atoms with Crippen LogP contribution in [0.1, 0.15) is 11.1 Å². The largest absolute Gasteiger partial charge is 0.0619 e. The average Bonchev–Trinajstić information content (AvgIpc) is 3.06. The fourth-order valence-corrected chi connectivity index (χ4v) is 4.62. The van der Waals surface area contributed by atoms with Crippen molar-refractivity contribution in [3.05, 3.63) is 96.1 Å². The van der Waals surface area contributed by atoms with Crippen molar-refractivity contribution in [2.24, 2.45) is 0 Å². The van der Waals surface area contributed by atoms with E-state index in [0.29, 0.717) is 0 Å². The van der Waals surface area contributed by atoms with Crippen molar-refractivity contribution in [1.29, 1.82) is 0 Å².